The van der Waals surface area contributed by atoms with Crippen LogP contribution in [0, 0.1) is 11.3 Å². The average Bonchev–Trinajstić information content (AvgIpc) is 2.91. The zero-order chi connectivity index (χ0) is 15.9. The van der Waals surface area contributed by atoms with Gasteiger partial charge in [0.25, 0.3) is 0 Å². The van der Waals surface area contributed by atoms with Crippen LogP contribution in [0.3, 0.4) is 0 Å². The molecular formula is C16H14BrN3OS. The molecular weight excluding hydrogens is 362 g/mol. The van der Waals surface area contributed by atoms with Gasteiger partial charge in [-0.05, 0) is 28.1 Å². The number of allylic oxidation sites excluding steroid dienone is 1. The molecule has 112 valence electrons. The second kappa shape index (κ2) is 5.67. The van der Waals surface area contributed by atoms with Crippen molar-refractivity contribution >= 4 is 33.0 Å². The van der Waals surface area contributed by atoms with Crippen molar-refractivity contribution in [1.29, 1.82) is 5.26 Å². The maximum absolute atomic E-state index is 9.49. The van der Waals surface area contributed by atoms with E-state index in [1.54, 1.807) is 11.3 Å². The van der Waals surface area contributed by atoms with Crippen LogP contribution in [0.15, 0.2) is 45.6 Å². The zero-order valence-electron chi connectivity index (χ0n) is 12.1. The molecule has 2 heterocycles. The molecule has 0 radical (unpaired) electrons. The summed E-state index contributed by atoms with van der Waals surface area (Å²) < 4.78 is 6.69. The summed E-state index contributed by atoms with van der Waals surface area (Å²) in [7, 11) is 3.94. The Morgan fingerprint density at radius 1 is 1.36 bits per heavy atom. The zero-order valence-corrected chi connectivity index (χ0v) is 14.5. The van der Waals surface area contributed by atoms with E-state index in [4.69, 9.17) is 10.5 Å². The molecule has 0 saturated heterocycles. The number of nitrogens with two attached hydrogens (primary N) is 1. The molecule has 0 fully saturated rings. The Labute approximate surface area is 141 Å². The van der Waals surface area contributed by atoms with Gasteiger partial charge in [0.2, 0.25) is 5.88 Å². The Hall–Kier alpha value is -1.97. The van der Waals surface area contributed by atoms with Crippen LogP contribution in [0.25, 0.3) is 0 Å². The fourth-order valence-electron chi connectivity index (χ4n) is 2.49. The monoisotopic (exact) mass is 375 g/mol. The van der Waals surface area contributed by atoms with Gasteiger partial charge in [0.05, 0.1) is 5.92 Å². The molecule has 0 aliphatic carbocycles. The summed E-state index contributed by atoms with van der Waals surface area (Å²) in [6.07, 6.45) is 0. The van der Waals surface area contributed by atoms with Crippen molar-refractivity contribution in [2.45, 2.75) is 5.92 Å². The largest absolute Gasteiger partial charge is 0.440 e. The fourth-order valence-corrected chi connectivity index (χ4v) is 4.07. The number of nitrogens with zero attached hydrogens (tertiary/aromatic N) is 2. The number of rotatable bonds is 2. The van der Waals surface area contributed by atoms with Crippen molar-refractivity contribution in [2.75, 3.05) is 19.0 Å². The first-order valence-electron chi connectivity index (χ1n) is 6.64. The molecule has 1 unspecified atom stereocenters. The van der Waals surface area contributed by atoms with E-state index in [0.29, 0.717) is 11.3 Å². The van der Waals surface area contributed by atoms with Crippen molar-refractivity contribution in [3.63, 3.8) is 0 Å². The highest BCUT2D eigenvalue weighted by molar-refractivity contribution is 9.10. The minimum absolute atomic E-state index is 0.179. The van der Waals surface area contributed by atoms with Gasteiger partial charge >= 0.3 is 0 Å². The van der Waals surface area contributed by atoms with E-state index < -0.39 is 0 Å². The Balaban J connectivity index is 2.18. The van der Waals surface area contributed by atoms with Gasteiger partial charge in [-0.2, -0.15) is 5.26 Å². The predicted molar refractivity (Wildman–Crippen MR) is 92.1 cm³/mol. The highest BCUT2D eigenvalue weighted by Gasteiger charge is 2.31. The molecule has 0 saturated carbocycles. The van der Waals surface area contributed by atoms with Crippen molar-refractivity contribution < 1.29 is 4.74 Å². The first-order chi connectivity index (χ1) is 10.5. The van der Waals surface area contributed by atoms with Crippen LogP contribution < -0.4 is 15.4 Å². The number of hydrogen-bond donors (Lipinski definition) is 1. The van der Waals surface area contributed by atoms with Gasteiger partial charge in [-0.15, -0.1) is 11.3 Å². The van der Waals surface area contributed by atoms with E-state index in [2.05, 4.69) is 22.0 Å². The molecule has 4 nitrogen and oxygen atoms in total. The normalized spacial score (nSPS) is 16.7. The molecule has 22 heavy (non-hydrogen) atoms. The third-order valence-electron chi connectivity index (χ3n) is 3.59. The van der Waals surface area contributed by atoms with Gasteiger partial charge in [0.1, 0.15) is 17.4 Å². The topological polar surface area (TPSA) is 62.3 Å². The molecule has 1 aliphatic rings. The smallest absolute Gasteiger partial charge is 0.205 e. The standard InChI is InChI=1S/C16H14BrN3OS/c1-20(2)10-3-4-11-13(6-10)21-16(19)12(7-18)15(11)14-5-9(17)8-22-14/h3-6,8,15H,19H2,1-2H3. The van der Waals surface area contributed by atoms with Gasteiger partial charge in [-0.25, -0.2) is 0 Å². The number of fused-ring (bicyclic) bond motifs is 1. The number of ether oxygens (including phenoxy) is 1. The summed E-state index contributed by atoms with van der Waals surface area (Å²) in [5.41, 5.74) is 8.43. The molecule has 6 heteroatoms. The number of anilines is 1. The molecule has 2 aromatic rings. The van der Waals surface area contributed by atoms with Crippen LogP contribution in [0.4, 0.5) is 5.69 Å². The Morgan fingerprint density at radius 2 is 2.14 bits per heavy atom. The van der Waals surface area contributed by atoms with E-state index in [9.17, 15) is 5.26 Å². The molecule has 0 spiro atoms. The molecule has 0 amide bonds. The fraction of sp³-hybridized carbons (Fsp3) is 0.188. The Kier molecular flexibility index (Phi) is 3.85. The average molecular weight is 376 g/mol. The highest BCUT2D eigenvalue weighted by Crippen LogP contribution is 2.45. The van der Waals surface area contributed by atoms with Gasteiger partial charge in [-0.3, -0.25) is 0 Å². The van der Waals surface area contributed by atoms with Crippen LogP contribution >= 0.6 is 27.3 Å². The summed E-state index contributed by atoms with van der Waals surface area (Å²) in [5, 5.41) is 11.5. The maximum atomic E-state index is 9.49. The van der Waals surface area contributed by atoms with Crippen molar-refractivity contribution in [1.82, 2.24) is 0 Å². The molecule has 1 aromatic heterocycles. The van der Waals surface area contributed by atoms with Crippen LogP contribution in [0.5, 0.6) is 5.75 Å². The van der Waals surface area contributed by atoms with E-state index in [1.807, 2.05) is 48.6 Å². The quantitative estimate of drug-likeness (QED) is 0.866. The molecule has 1 atom stereocenters. The summed E-state index contributed by atoms with van der Waals surface area (Å²) in [4.78, 5) is 3.06. The van der Waals surface area contributed by atoms with Crippen molar-refractivity contribution in [2.24, 2.45) is 5.73 Å². The number of nitriles is 1. The lowest BCUT2D eigenvalue weighted by Crippen LogP contribution is -2.21. The van der Waals surface area contributed by atoms with Gasteiger partial charge < -0.3 is 15.4 Å². The SMILES string of the molecule is CN(C)c1ccc2c(c1)OC(N)=C(C#N)C2c1cc(Br)cs1. The van der Waals surface area contributed by atoms with E-state index in [1.165, 1.54) is 0 Å². The van der Waals surface area contributed by atoms with Gasteiger partial charge in [0.15, 0.2) is 0 Å². The summed E-state index contributed by atoms with van der Waals surface area (Å²) in [6, 6.07) is 10.2. The third kappa shape index (κ3) is 2.47. The molecule has 1 aliphatic heterocycles. The van der Waals surface area contributed by atoms with Gasteiger partial charge in [0, 0.05) is 46.1 Å². The first kappa shape index (κ1) is 14.9. The number of thiophene rings is 1. The second-order valence-corrected chi connectivity index (χ2v) is 7.07. The van der Waals surface area contributed by atoms with E-state index >= 15 is 0 Å². The minimum Gasteiger partial charge on any atom is -0.440 e. The molecule has 1 aromatic carbocycles. The second-order valence-electron chi connectivity index (χ2n) is 5.21. The third-order valence-corrected chi connectivity index (χ3v) is 5.35. The molecule has 0 bridgehead atoms. The molecule has 2 N–H and O–H groups in total. The first-order valence-corrected chi connectivity index (χ1v) is 8.31. The lowest BCUT2D eigenvalue weighted by Gasteiger charge is -2.26. The van der Waals surface area contributed by atoms with E-state index in [0.717, 1.165) is 20.6 Å². The maximum Gasteiger partial charge on any atom is 0.205 e. The lowest BCUT2D eigenvalue weighted by molar-refractivity contribution is 0.394. The Morgan fingerprint density at radius 3 is 2.73 bits per heavy atom. The van der Waals surface area contributed by atoms with Crippen LogP contribution in [-0.2, 0) is 0 Å². The lowest BCUT2D eigenvalue weighted by atomic mass is 9.88. The summed E-state index contributed by atoms with van der Waals surface area (Å²) in [5.74, 6) is 0.707. The summed E-state index contributed by atoms with van der Waals surface area (Å²) in [6.45, 7) is 0. The minimum atomic E-state index is -0.179. The van der Waals surface area contributed by atoms with Crippen LogP contribution in [0.1, 0.15) is 16.4 Å². The summed E-state index contributed by atoms with van der Waals surface area (Å²) >= 11 is 5.07. The number of halogens is 1. The number of hydrogen-bond acceptors (Lipinski definition) is 5. The van der Waals surface area contributed by atoms with Gasteiger partial charge in [-0.1, -0.05) is 6.07 Å². The molecule has 3 rings (SSSR count). The number of benzene rings is 1. The van der Waals surface area contributed by atoms with E-state index in [-0.39, 0.29) is 11.8 Å². The van der Waals surface area contributed by atoms with Crippen LogP contribution in [-0.4, -0.2) is 14.1 Å². The predicted octanol–water partition coefficient (Wildman–Crippen LogP) is 3.79. The van der Waals surface area contributed by atoms with Crippen molar-refractivity contribution in [3.8, 4) is 11.8 Å². The van der Waals surface area contributed by atoms with Crippen molar-refractivity contribution in [3.05, 3.63) is 56.0 Å². The van der Waals surface area contributed by atoms with Crippen LogP contribution in [0.2, 0.25) is 0 Å². The Bertz CT molecular complexity index is 804. The highest BCUT2D eigenvalue weighted by atomic mass is 79.9.